The Morgan fingerprint density at radius 1 is 0.892 bits per heavy atom. The highest BCUT2D eigenvalue weighted by Crippen LogP contribution is 2.30. The van der Waals surface area contributed by atoms with E-state index in [1.54, 1.807) is 48.5 Å². The van der Waals surface area contributed by atoms with Gasteiger partial charge in [-0.05, 0) is 54.3 Å². The molecule has 190 valence electrons. The summed E-state index contributed by atoms with van der Waals surface area (Å²) in [5.41, 5.74) is 1.27. The van der Waals surface area contributed by atoms with Gasteiger partial charge < -0.3 is 14.8 Å². The summed E-state index contributed by atoms with van der Waals surface area (Å²) in [4.78, 5) is 39.5. The Balaban J connectivity index is 1.59. The van der Waals surface area contributed by atoms with Crippen LogP contribution in [0.4, 0.5) is 4.39 Å². The van der Waals surface area contributed by atoms with Crippen LogP contribution in [0.1, 0.15) is 34.3 Å². The predicted octanol–water partition coefficient (Wildman–Crippen LogP) is 3.31. The zero-order chi connectivity index (χ0) is 26.1. The number of hydrogen-bond donors (Lipinski definition) is 1. The molecule has 0 bridgehead atoms. The third-order valence-corrected chi connectivity index (χ3v) is 6.45. The topological polar surface area (TPSA) is 91.6 Å². The van der Waals surface area contributed by atoms with Crippen molar-refractivity contribution in [1.29, 1.82) is 0 Å². The zero-order valence-corrected chi connectivity index (χ0v) is 20.5. The standard InChI is InChI=1S/C28H26FN3O5/c1-36-24-13-22-23(14-25(24)37-2)31(15-18-5-9-20(29)10-6-18)28(35)32(27(22)34)16-17-3-7-19(8-4-17)26(33)30-21-11-12-21/h3-10,13-14,21H,11-12,15-16H2,1-2H3,(H,30,33). The number of aromatic nitrogens is 2. The van der Waals surface area contributed by atoms with E-state index in [1.165, 1.54) is 30.9 Å². The number of amides is 1. The molecule has 4 aromatic rings. The Hall–Kier alpha value is -4.40. The predicted molar refractivity (Wildman–Crippen MR) is 137 cm³/mol. The summed E-state index contributed by atoms with van der Waals surface area (Å²) >= 11 is 0. The van der Waals surface area contributed by atoms with Crippen LogP contribution < -0.4 is 26.0 Å². The van der Waals surface area contributed by atoms with Crippen molar-refractivity contribution in [2.75, 3.05) is 14.2 Å². The molecule has 1 heterocycles. The lowest BCUT2D eigenvalue weighted by Crippen LogP contribution is -2.40. The van der Waals surface area contributed by atoms with E-state index >= 15 is 0 Å². The van der Waals surface area contributed by atoms with Gasteiger partial charge in [0.15, 0.2) is 11.5 Å². The number of nitrogens with zero attached hydrogens (tertiary/aromatic N) is 2. The maximum Gasteiger partial charge on any atom is 0.332 e. The molecule has 0 atom stereocenters. The van der Waals surface area contributed by atoms with E-state index in [2.05, 4.69) is 5.32 Å². The molecular weight excluding hydrogens is 477 g/mol. The van der Waals surface area contributed by atoms with Gasteiger partial charge in [-0.25, -0.2) is 9.18 Å². The fraction of sp³-hybridized carbons (Fsp3) is 0.250. The van der Waals surface area contributed by atoms with Gasteiger partial charge in [0.1, 0.15) is 5.82 Å². The Labute approximate surface area is 211 Å². The van der Waals surface area contributed by atoms with Gasteiger partial charge in [0.05, 0.1) is 38.2 Å². The van der Waals surface area contributed by atoms with E-state index in [-0.39, 0.29) is 36.2 Å². The molecule has 1 N–H and O–H groups in total. The van der Waals surface area contributed by atoms with E-state index in [0.29, 0.717) is 33.7 Å². The number of methoxy groups -OCH3 is 2. The highest BCUT2D eigenvalue weighted by molar-refractivity contribution is 5.94. The van der Waals surface area contributed by atoms with Crippen molar-refractivity contribution < 1.29 is 18.7 Å². The lowest BCUT2D eigenvalue weighted by molar-refractivity contribution is 0.0951. The van der Waals surface area contributed by atoms with Crippen LogP contribution in [-0.4, -0.2) is 35.3 Å². The monoisotopic (exact) mass is 503 g/mol. The second-order valence-corrected chi connectivity index (χ2v) is 9.06. The zero-order valence-electron chi connectivity index (χ0n) is 20.5. The van der Waals surface area contributed by atoms with Gasteiger partial charge in [-0.15, -0.1) is 0 Å². The average molecular weight is 504 g/mol. The fourth-order valence-electron chi connectivity index (χ4n) is 4.25. The first-order chi connectivity index (χ1) is 17.9. The molecule has 5 rings (SSSR count). The first-order valence-corrected chi connectivity index (χ1v) is 11.9. The van der Waals surface area contributed by atoms with Crippen molar-refractivity contribution >= 4 is 16.8 Å². The third kappa shape index (κ3) is 4.97. The van der Waals surface area contributed by atoms with E-state index < -0.39 is 11.2 Å². The van der Waals surface area contributed by atoms with E-state index in [0.717, 1.165) is 17.4 Å². The third-order valence-electron chi connectivity index (χ3n) is 6.45. The second kappa shape index (κ2) is 9.93. The molecule has 1 aromatic heterocycles. The molecule has 9 heteroatoms. The Morgan fingerprint density at radius 3 is 2.05 bits per heavy atom. The van der Waals surface area contributed by atoms with Crippen LogP contribution in [0, 0.1) is 5.82 Å². The maximum atomic E-state index is 13.7. The van der Waals surface area contributed by atoms with Crippen molar-refractivity contribution in [3.8, 4) is 11.5 Å². The number of carbonyl (C=O) groups excluding carboxylic acids is 1. The Bertz CT molecular complexity index is 1590. The quantitative estimate of drug-likeness (QED) is 0.398. The first kappa shape index (κ1) is 24.3. The Morgan fingerprint density at radius 2 is 1.46 bits per heavy atom. The molecule has 0 radical (unpaired) electrons. The summed E-state index contributed by atoms with van der Waals surface area (Å²) in [5, 5.41) is 3.22. The van der Waals surface area contributed by atoms with Gasteiger partial charge in [-0.1, -0.05) is 24.3 Å². The minimum atomic E-state index is -0.524. The second-order valence-electron chi connectivity index (χ2n) is 9.06. The molecule has 0 unspecified atom stereocenters. The first-order valence-electron chi connectivity index (χ1n) is 11.9. The van der Waals surface area contributed by atoms with Crippen LogP contribution in [0.25, 0.3) is 10.9 Å². The number of ether oxygens (including phenoxy) is 2. The molecule has 1 saturated carbocycles. The van der Waals surface area contributed by atoms with Crippen LogP contribution in [0.15, 0.2) is 70.3 Å². The highest BCUT2D eigenvalue weighted by Gasteiger charge is 2.24. The lowest BCUT2D eigenvalue weighted by atomic mass is 10.1. The van der Waals surface area contributed by atoms with Crippen molar-refractivity contribution in [3.05, 3.63) is 104 Å². The van der Waals surface area contributed by atoms with Crippen molar-refractivity contribution in [2.45, 2.75) is 32.0 Å². The maximum absolute atomic E-state index is 13.7. The van der Waals surface area contributed by atoms with Gasteiger partial charge in [-0.3, -0.25) is 18.7 Å². The molecule has 1 amide bonds. The summed E-state index contributed by atoms with van der Waals surface area (Å²) in [5.74, 6) is 0.210. The van der Waals surface area contributed by atoms with Crippen LogP contribution in [0.5, 0.6) is 11.5 Å². The molecule has 1 fully saturated rings. The summed E-state index contributed by atoms with van der Waals surface area (Å²) in [6.07, 6.45) is 1.99. The van der Waals surface area contributed by atoms with Crippen LogP contribution in [0.3, 0.4) is 0 Å². The average Bonchev–Trinajstić information content (AvgIpc) is 3.73. The molecule has 0 spiro atoms. The smallest absolute Gasteiger partial charge is 0.332 e. The van der Waals surface area contributed by atoms with Crippen molar-refractivity contribution in [2.24, 2.45) is 0 Å². The summed E-state index contributed by atoms with van der Waals surface area (Å²) in [7, 11) is 2.94. The molecule has 1 aliphatic rings. The number of hydrogen-bond acceptors (Lipinski definition) is 5. The fourth-order valence-corrected chi connectivity index (χ4v) is 4.25. The van der Waals surface area contributed by atoms with Crippen LogP contribution in [-0.2, 0) is 13.1 Å². The SMILES string of the molecule is COc1cc2c(=O)n(Cc3ccc(C(=O)NC4CC4)cc3)c(=O)n(Cc3ccc(F)cc3)c2cc1OC. The summed E-state index contributed by atoms with van der Waals surface area (Å²) in [6.45, 7) is 0.127. The number of benzene rings is 3. The minimum absolute atomic E-state index is 0.00981. The van der Waals surface area contributed by atoms with Gasteiger partial charge in [0.25, 0.3) is 11.5 Å². The van der Waals surface area contributed by atoms with Crippen molar-refractivity contribution in [3.63, 3.8) is 0 Å². The summed E-state index contributed by atoms with van der Waals surface area (Å²) < 4.78 is 26.9. The van der Waals surface area contributed by atoms with E-state index in [1.807, 2.05) is 0 Å². The van der Waals surface area contributed by atoms with Gasteiger partial charge in [-0.2, -0.15) is 0 Å². The highest BCUT2D eigenvalue weighted by atomic mass is 19.1. The number of halogens is 1. The number of rotatable bonds is 8. The number of nitrogens with one attached hydrogen (secondary N) is 1. The molecule has 0 aliphatic heterocycles. The minimum Gasteiger partial charge on any atom is -0.493 e. The van der Waals surface area contributed by atoms with Crippen LogP contribution in [0.2, 0.25) is 0 Å². The van der Waals surface area contributed by atoms with Gasteiger partial charge in [0, 0.05) is 17.7 Å². The molecule has 0 saturated heterocycles. The van der Waals surface area contributed by atoms with Gasteiger partial charge >= 0.3 is 5.69 Å². The van der Waals surface area contributed by atoms with Crippen molar-refractivity contribution in [1.82, 2.24) is 14.5 Å². The normalized spacial score (nSPS) is 12.9. The molecular formula is C28H26FN3O5. The molecule has 37 heavy (non-hydrogen) atoms. The Kier molecular flexibility index (Phi) is 6.52. The molecule has 8 nitrogen and oxygen atoms in total. The number of fused-ring (bicyclic) bond motifs is 1. The molecule has 1 aliphatic carbocycles. The van der Waals surface area contributed by atoms with E-state index in [4.69, 9.17) is 9.47 Å². The van der Waals surface area contributed by atoms with Crippen LogP contribution >= 0.6 is 0 Å². The number of carbonyl (C=O) groups is 1. The largest absolute Gasteiger partial charge is 0.493 e. The van der Waals surface area contributed by atoms with Gasteiger partial charge in [0.2, 0.25) is 0 Å². The van der Waals surface area contributed by atoms with E-state index in [9.17, 15) is 18.8 Å². The molecule has 3 aromatic carbocycles. The summed E-state index contributed by atoms with van der Waals surface area (Å²) in [6, 6.07) is 16.1. The lowest BCUT2D eigenvalue weighted by Gasteiger charge is -2.17.